The second-order valence-electron chi connectivity index (χ2n) is 7.18. The molecule has 1 fully saturated rings. The van der Waals surface area contributed by atoms with Crippen LogP contribution in [0.1, 0.15) is 72.1 Å². The van der Waals surface area contributed by atoms with Crippen LogP contribution in [0.4, 0.5) is 0 Å². The molecule has 0 saturated heterocycles. The van der Waals surface area contributed by atoms with Crippen LogP contribution in [0.25, 0.3) is 0 Å². The molecule has 0 nitrogen and oxygen atoms in total. The van der Waals surface area contributed by atoms with E-state index >= 15 is 0 Å². The molecule has 3 aliphatic rings. The summed E-state index contributed by atoms with van der Waals surface area (Å²) in [5.74, 6) is 0. The highest BCUT2D eigenvalue weighted by Crippen LogP contribution is 2.63. The summed E-state index contributed by atoms with van der Waals surface area (Å²) in [6.45, 7) is 11.5. The third-order valence-corrected chi connectivity index (χ3v) is 6.48. The smallest absolute Gasteiger partial charge is 0.0107 e. The first-order chi connectivity index (χ1) is 9.03. The molecule has 1 saturated carbocycles. The van der Waals surface area contributed by atoms with Gasteiger partial charge in [-0.3, -0.25) is 0 Å². The SMILES string of the molecule is C=C1CC[C@]2(C)C3=CCCC[C@]3(CC)CCC2=C1C. The molecule has 0 aromatic rings. The Morgan fingerprint density at radius 1 is 1.21 bits per heavy atom. The van der Waals surface area contributed by atoms with E-state index in [4.69, 9.17) is 0 Å². The molecule has 2 atom stereocenters. The number of rotatable bonds is 1. The van der Waals surface area contributed by atoms with E-state index in [1.54, 1.807) is 5.57 Å². The fourth-order valence-corrected chi connectivity index (χ4v) is 5.14. The Hall–Kier alpha value is -0.780. The fourth-order valence-electron chi connectivity index (χ4n) is 5.14. The Morgan fingerprint density at radius 3 is 2.74 bits per heavy atom. The van der Waals surface area contributed by atoms with Crippen molar-refractivity contribution in [3.8, 4) is 0 Å². The van der Waals surface area contributed by atoms with Crippen molar-refractivity contribution in [2.24, 2.45) is 10.8 Å². The lowest BCUT2D eigenvalue weighted by atomic mass is 9.50. The lowest BCUT2D eigenvalue weighted by molar-refractivity contribution is 0.171. The zero-order valence-electron chi connectivity index (χ0n) is 12.9. The van der Waals surface area contributed by atoms with Crippen molar-refractivity contribution in [3.63, 3.8) is 0 Å². The van der Waals surface area contributed by atoms with E-state index in [9.17, 15) is 0 Å². The van der Waals surface area contributed by atoms with Gasteiger partial charge in [0.05, 0.1) is 0 Å². The van der Waals surface area contributed by atoms with E-state index in [1.165, 1.54) is 62.5 Å². The van der Waals surface area contributed by atoms with Gasteiger partial charge in [-0.1, -0.05) is 43.2 Å². The minimum absolute atomic E-state index is 0.361. The molecule has 0 heteroatoms. The summed E-state index contributed by atoms with van der Waals surface area (Å²) in [5.41, 5.74) is 7.36. The molecule has 3 aliphatic carbocycles. The van der Waals surface area contributed by atoms with Crippen LogP contribution in [0.15, 0.2) is 34.9 Å². The van der Waals surface area contributed by atoms with Crippen LogP contribution in [-0.4, -0.2) is 0 Å². The van der Waals surface area contributed by atoms with E-state index in [1.807, 2.05) is 5.57 Å². The third kappa shape index (κ3) is 1.72. The van der Waals surface area contributed by atoms with Gasteiger partial charge in [-0.15, -0.1) is 0 Å². The first-order valence-electron chi connectivity index (χ1n) is 8.13. The van der Waals surface area contributed by atoms with E-state index in [0.717, 1.165) is 0 Å². The first kappa shape index (κ1) is 13.2. The lowest BCUT2D eigenvalue weighted by Crippen LogP contribution is -2.42. The Kier molecular flexibility index (Phi) is 3.04. The highest BCUT2D eigenvalue weighted by Gasteiger charge is 2.50. The molecule has 19 heavy (non-hydrogen) atoms. The molecule has 0 aromatic carbocycles. The average Bonchev–Trinajstić information content (AvgIpc) is 2.43. The van der Waals surface area contributed by atoms with Gasteiger partial charge in [-0.2, -0.15) is 0 Å². The maximum absolute atomic E-state index is 4.28. The van der Waals surface area contributed by atoms with Gasteiger partial charge in [0, 0.05) is 5.41 Å². The Labute approximate surface area is 118 Å². The van der Waals surface area contributed by atoms with Gasteiger partial charge in [0.15, 0.2) is 0 Å². The molecule has 0 unspecified atom stereocenters. The van der Waals surface area contributed by atoms with Crippen LogP contribution >= 0.6 is 0 Å². The topological polar surface area (TPSA) is 0 Å². The highest BCUT2D eigenvalue weighted by molar-refractivity contribution is 5.47. The van der Waals surface area contributed by atoms with Crippen molar-refractivity contribution in [2.45, 2.75) is 72.1 Å². The summed E-state index contributed by atoms with van der Waals surface area (Å²) in [6, 6.07) is 0. The molecule has 0 aromatic heterocycles. The summed E-state index contributed by atoms with van der Waals surface area (Å²) >= 11 is 0. The fraction of sp³-hybridized carbons (Fsp3) is 0.684. The average molecular weight is 256 g/mol. The summed E-state index contributed by atoms with van der Waals surface area (Å²) in [7, 11) is 0. The summed E-state index contributed by atoms with van der Waals surface area (Å²) < 4.78 is 0. The standard InChI is InChI=1S/C19H28/c1-5-19-11-7-6-8-17(19)18(4)12-9-14(2)15(3)16(18)10-13-19/h8H,2,5-7,9-13H2,1,3-4H3/t18-,19+/m0/s1. The van der Waals surface area contributed by atoms with E-state index in [-0.39, 0.29) is 0 Å². The minimum Gasteiger partial charge on any atom is -0.0956 e. The Morgan fingerprint density at radius 2 is 2.00 bits per heavy atom. The summed E-state index contributed by atoms with van der Waals surface area (Å²) in [6.07, 6.45) is 13.3. The second-order valence-corrected chi connectivity index (χ2v) is 7.18. The van der Waals surface area contributed by atoms with Crippen molar-refractivity contribution in [1.82, 2.24) is 0 Å². The van der Waals surface area contributed by atoms with Gasteiger partial charge in [0.1, 0.15) is 0 Å². The van der Waals surface area contributed by atoms with Crippen LogP contribution in [0.2, 0.25) is 0 Å². The maximum atomic E-state index is 4.28. The first-order valence-corrected chi connectivity index (χ1v) is 8.13. The van der Waals surface area contributed by atoms with Crippen molar-refractivity contribution in [1.29, 1.82) is 0 Å². The predicted molar refractivity (Wildman–Crippen MR) is 83.1 cm³/mol. The van der Waals surface area contributed by atoms with Crippen molar-refractivity contribution < 1.29 is 0 Å². The minimum atomic E-state index is 0.361. The van der Waals surface area contributed by atoms with Crippen molar-refractivity contribution in [3.05, 3.63) is 34.9 Å². The normalized spacial score (nSPS) is 38.7. The molecule has 0 heterocycles. The van der Waals surface area contributed by atoms with Crippen LogP contribution in [-0.2, 0) is 0 Å². The maximum Gasteiger partial charge on any atom is 0.0107 e. The molecule has 0 N–H and O–H groups in total. The van der Waals surface area contributed by atoms with Gasteiger partial charge < -0.3 is 0 Å². The largest absolute Gasteiger partial charge is 0.0956 e. The number of hydrogen-bond acceptors (Lipinski definition) is 0. The number of allylic oxidation sites excluding steroid dienone is 5. The van der Waals surface area contributed by atoms with E-state index in [0.29, 0.717) is 10.8 Å². The Bertz CT molecular complexity index is 476. The van der Waals surface area contributed by atoms with Crippen LogP contribution < -0.4 is 0 Å². The monoisotopic (exact) mass is 256 g/mol. The van der Waals surface area contributed by atoms with Crippen LogP contribution in [0.5, 0.6) is 0 Å². The Balaban J connectivity index is 2.14. The molecule has 0 amide bonds. The molecule has 0 spiro atoms. The highest BCUT2D eigenvalue weighted by atomic mass is 14.5. The lowest BCUT2D eigenvalue weighted by Gasteiger charge is -2.55. The van der Waals surface area contributed by atoms with E-state index in [2.05, 4.69) is 33.4 Å². The number of hydrogen-bond donors (Lipinski definition) is 0. The van der Waals surface area contributed by atoms with Crippen molar-refractivity contribution >= 4 is 0 Å². The van der Waals surface area contributed by atoms with Crippen molar-refractivity contribution in [2.75, 3.05) is 0 Å². The van der Waals surface area contributed by atoms with E-state index < -0.39 is 0 Å². The van der Waals surface area contributed by atoms with Gasteiger partial charge in [-0.05, 0) is 69.3 Å². The number of fused-ring (bicyclic) bond motifs is 3. The molecule has 104 valence electrons. The molecule has 0 aliphatic heterocycles. The van der Waals surface area contributed by atoms with Gasteiger partial charge in [-0.25, -0.2) is 0 Å². The van der Waals surface area contributed by atoms with Gasteiger partial charge in [0.25, 0.3) is 0 Å². The molecular formula is C19H28. The van der Waals surface area contributed by atoms with Gasteiger partial charge >= 0.3 is 0 Å². The summed E-state index contributed by atoms with van der Waals surface area (Å²) in [4.78, 5) is 0. The summed E-state index contributed by atoms with van der Waals surface area (Å²) in [5, 5.41) is 0. The predicted octanol–water partition coefficient (Wildman–Crippen LogP) is 5.96. The quantitative estimate of drug-likeness (QED) is 0.508. The van der Waals surface area contributed by atoms with Crippen LogP contribution in [0, 0.1) is 10.8 Å². The zero-order chi connectivity index (χ0) is 13.7. The van der Waals surface area contributed by atoms with Gasteiger partial charge in [0.2, 0.25) is 0 Å². The second kappa shape index (κ2) is 4.36. The molecular weight excluding hydrogens is 228 g/mol. The molecule has 0 radical (unpaired) electrons. The molecule has 3 rings (SSSR count). The zero-order valence-corrected chi connectivity index (χ0v) is 12.9. The van der Waals surface area contributed by atoms with Crippen LogP contribution in [0.3, 0.4) is 0 Å². The third-order valence-electron chi connectivity index (χ3n) is 6.48. The molecule has 0 bridgehead atoms.